The Balaban J connectivity index is 1.49. The summed E-state index contributed by atoms with van der Waals surface area (Å²) in [5.41, 5.74) is 2.10. The molecule has 1 aromatic heterocycles. The Morgan fingerprint density at radius 1 is 1.09 bits per heavy atom. The first-order chi connectivity index (χ1) is 15.9. The summed E-state index contributed by atoms with van der Waals surface area (Å²) in [5, 5.41) is 2.87. The number of hydrogen-bond acceptors (Lipinski definition) is 5. The van der Waals surface area contributed by atoms with E-state index in [0.29, 0.717) is 25.4 Å². The predicted octanol–water partition coefficient (Wildman–Crippen LogP) is 3.29. The van der Waals surface area contributed by atoms with Crippen molar-refractivity contribution in [2.75, 3.05) is 20.2 Å². The van der Waals surface area contributed by atoms with Crippen LogP contribution in [0.25, 0.3) is 5.69 Å². The van der Waals surface area contributed by atoms with E-state index in [4.69, 9.17) is 4.74 Å². The second-order valence-electron chi connectivity index (χ2n) is 8.02. The number of amides is 1. The van der Waals surface area contributed by atoms with Crippen LogP contribution in [0, 0.1) is 6.92 Å². The van der Waals surface area contributed by atoms with Crippen LogP contribution in [0.5, 0.6) is 5.75 Å². The summed E-state index contributed by atoms with van der Waals surface area (Å²) in [6.45, 7) is 3.24. The van der Waals surface area contributed by atoms with Crippen LogP contribution >= 0.6 is 0 Å². The van der Waals surface area contributed by atoms with Crippen molar-refractivity contribution in [1.29, 1.82) is 0 Å². The van der Waals surface area contributed by atoms with Gasteiger partial charge in [0.05, 0.1) is 17.6 Å². The van der Waals surface area contributed by atoms with Gasteiger partial charge in [0, 0.05) is 37.7 Å². The number of rotatable bonds is 7. The fourth-order valence-corrected chi connectivity index (χ4v) is 5.53. The van der Waals surface area contributed by atoms with E-state index in [2.05, 4.69) is 10.3 Å². The zero-order chi connectivity index (χ0) is 23.4. The monoisotopic (exact) mass is 468 g/mol. The van der Waals surface area contributed by atoms with Crippen LogP contribution in [-0.4, -0.2) is 48.4 Å². The predicted molar refractivity (Wildman–Crippen MR) is 125 cm³/mol. The highest BCUT2D eigenvalue weighted by atomic mass is 32.2. The van der Waals surface area contributed by atoms with Gasteiger partial charge in [-0.1, -0.05) is 18.6 Å². The van der Waals surface area contributed by atoms with Crippen LogP contribution in [0.4, 0.5) is 0 Å². The second kappa shape index (κ2) is 9.76. The lowest BCUT2D eigenvalue weighted by atomic mass is 10.1. The molecule has 0 spiro atoms. The highest BCUT2D eigenvalue weighted by molar-refractivity contribution is 7.89. The van der Waals surface area contributed by atoms with Gasteiger partial charge in [-0.2, -0.15) is 4.31 Å². The number of sulfonamides is 1. The summed E-state index contributed by atoms with van der Waals surface area (Å²) >= 11 is 0. The summed E-state index contributed by atoms with van der Waals surface area (Å²) in [4.78, 5) is 17.3. The number of aromatic nitrogens is 2. The molecule has 1 amide bonds. The minimum atomic E-state index is -3.65. The maximum atomic E-state index is 13.0. The largest absolute Gasteiger partial charge is 0.496 e. The number of carbonyl (C=O) groups is 1. The van der Waals surface area contributed by atoms with Gasteiger partial charge in [-0.15, -0.1) is 0 Å². The van der Waals surface area contributed by atoms with Gasteiger partial charge in [-0.05, 0) is 55.7 Å². The van der Waals surface area contributed by atoms with Crippen molar-refractivity contribution in [2.45, 2.75) is 37.6 Å². The molecule has 1 N–H and O–H groups in total. The Morgan fingerprint density at radius 3 is 2.45 bits per heavy atom. The molecule has 0 saturated carbocycles. The molecule has 4 rings (SSSR count). The number of ether oxygens (including phenoxy) is 1. The number of nitrogens with zero attached hydrogens (tertiary/aromatic N) is 3. The minimum Gasteiger partial charge on any atom is -0.496 e. The molecule has 8 nitrogen and oxygen atoms in total. The lowest BCUT2D eigenvalue weighted by Gasteiger charge is -2.26. The van der Waals surface area contributed by atoms with Crippen LogP contribution in [0.15, 0.2) is 59.8 Å². The van der Waals surface area contributed by atoms with Crippen molar-refractivity contribution >= 4 is 15.9 Å². The topological polar surface area (TPSA) is 93.5 Å². The van der Waals surface area contributed by atoms with E-state index in [1.54, 1.807) is 6.20 Å². The zero-order valence-corrected chi connectivity index (χ0v) is 19.6. The van der Waals surface area contributed by atoms with Crippen LogP contribution in [0.3, 0.4) is 0 Å². The number of imidazole rings is 1. The first kappa shape index (κ1) is 23.0. The molecule has 0 aliphatic carbocycles. The molecule has 174 valence electrons. The Labute approximate surface area is 194 Å². The molecule has 0 unspecified atom stereocenters. The van der Waals surface area contributed by atoms with Crippen molar-refractivity contribution in [1.82, 2.24) is 19.2 Å². The summed E-state index contributed by atoms with van der Waals surface area (Å²) in [6, 6.07) is 12.2. The first-order valence-electron chi connectivity index (χ1n) is 11.0. The molecule has 3 aromatic rings. The van der Waals surface area contributed by atoms with E-state index in [1.807, 2.05) is 42.0 Å². The van der Waals surface area contributed by atoms with E-state index in [-0.39, 0.29) is 10.5 Å². The Kier molecular flexibility index (Phi) is 6.80. The molecule has 1 saturated heterocycles. The SMILES string of the molecule is COc1ccc(S(=O)(=O)N2CCCCC2)cc1C(=O)NCc1ccc(-n2ccnc2C)cc1. The fourth-order valence-electron chi connectivity index (χ4n) is 3.98. The smallest absolute Gasteiger partial charge is 0.255 e. The molecule has 9 heteroatoms. The average Bonchev–Trinajstić information content (AvgIpc) is 3.28. The lowest BCUT2D eigenvalue weighted by Crippen LogP contribution is -2.35. The number of hydrogen-bond donors (Lipinski definition) is 1. The van der Waals surface area contributed by atoms with Crippen LogP contribution in [0.1, 0.15) is 41.0 Å². The van der Waals surface area contributed by atoms with Crippen LogP contribution in [-0.2, 0) is 16.6 Å². The molecule has 0 bridgehead atoms. The van der Waals surface area contributed by atoms with E-state index >= 15 is 0 Å². The summed E-state index contributed by atoms with van der Waals surface area (Å²) < 4.78 is 34.9. The third kappa shape index (κ3) is 4.94. The van der Waals surface area contributed by atoms with Gasteiger partial charge in [-0.25, -0.2) is 13.4 Å². The number of nitrogens with one attached hydrogen (secondary N) is 1. The molecule has 2 heterocycles. The average molecular weight is 469 g/mol. The van der Waals surface area contributed by atoms with E-state index in [1.165, 1.54) is 29.6 Å². The van der Waals surface area contributed by atoms with Crippen molar-refractivity contribution < 1.29 is 17.9 Å². The normalized spacial score (nSPS) is 14.7. The molecule has 1 aliphatic rings. The maximum absolute atomic E-state index is 13.0. The molecular weight excluding hydrogens is 440 g/mol. The van der Waals surface area contributed by atoms with Gasteiger partial charge >= 0.3 is 0 Å². The Bertz CT molecular complexity index is 1230. The Hall–Kier alpha value is -3.17. The van der Waals surface area contributed by atoms with E-state index in [9.17, 15) is 13.2 Å². The number of aryl methyl sites for hydroxylation is 1. The maximum Gasteiger partial charge on any atom is 0.255 e. The van der Waals surface area contributed by atoms with Gasteiger partial charge < -0.3 is 14.6 Å². The summed E-state index contributed by atoms with van der Waals surface area (Å²) in [7, 11) is -2.19. The van der Waals surface area contributed by atoms with E-state index < -0.39 is 15.9 Å². The first-order valence-corrected chi connectivity index (χ1v) is 12.4. The molecule has 33 heavy (non-hydrogen) atoms. The molecule has 1 fully saturated rings. The fraction of sp³-hybridized carbons (Fsp3) is 0.333. The second-order valence-corrected chi connectivity index (χ2v) is 9.96. The van der Waals surface area contributed by atoms with Crippen LogP contribution < -0.4 is 10.1 Å². The standard InChI is InChI=1S/C24H28N4O4S/c1-18-25-12-15-28(18)20-8-6-19(7-9-20)17-26-24(29)22-16-21(10-11-23(22)32-2)33(30,31)27-13-4-3-5-14-27/h6-12,15-16H,3-5,13-14,17H2,1-2H3,(H,26,29). The van der Waals surface area contributed by atoms with Gasteiger partial charge in [0.1, 0.15) is 11.6 Å². The van der Waals surface area contributed by atoms with Crippen molar-refractivity contribution in [2.24, 2.45) is 0 Å². The quantitative estimate of drug-likeness (QED) is 0.574. The number of piperidine rings is 1. The number of methoxy groups -OCH3 is 1. The number of benzene rings is 2. The zero-order valence-electron chi connectivity index (χ0n) is 18.8. The van der Waals surface area contributed by atoms with Crippen molar-refractivity contribution in [3.63, 3.8) is 0 Å². The van der Waals surface area contributed by atoms with Gasteiger partial charge in [-0.3, -0.25) is 4.79 Å². The molecular formula is C24H28N4O4S. The summed E-state index contributed by atoms with van der Waals surface area (Å²) in [5.74, 6) is 0.829. The molecule has 1 aliphatic heterocycles. The van der Waals surface area contributed by atoms with Crippen molar-refractivity contribution in [3.05, 3.63) is 71.8 Å². The molecule has 0 atom stereocenters. The molecule has 0 radical (unpaired) electrons. The summed E-state index contributed by atoms with van der Waals surface area (Å²) in [6.07, 6.45) is 6.37. The highest BCUT2D eigenvalue weighted by Crippen LogP contribution is 2.26. The van der Waals surface area contributed by atoms with Crippen molar-refractivity contribution in [3.8, 4) is 11.4 Å². The third-order valence-electron chi connectivity index (χ3n) is 5.86. The lowest BCUT2D eigenvalue weighted by molar-refractivity contribution is 0.0947. The molecule has 2 aromatic carbocycles. The number of carbonyl (C=O) groups excluding carboxylic acids is 1. The van der Waals surface area contributed by atoms with Gasteiger partial charge in [0.2, 0.25) is 10.0 Å². The van der Waals surface area contributed by atoms with Crippen LogP contribution in [0.2, 0.25) is 0 Å². The van der Waals surface area contributed by atoms with Gasteiger partial charge in [0.25, 0.3) is 5.91 Å². The Morgan fingerprint density at radius 2 is 1.82 bits per heavy atom. The van der Waals surface area contributed by atoms with E-state index in [0.717, 1.165) is 36.3 Å². The third-order valence-corrected chi connectivity index (χ3v) is 7.76. The highest BCUT2D eigenvalue weighted by Gasteiger charge is 2.27. The minimum absolute atomic E-state index is 0.107. The van der Waals surface area contributed by atoms with Gasteiger partial charge in [0.15, 0.2) is 0 Å².